The van der Waals surface area contributed by atoms with Gasteiger partial charge in [0.05, 0.1) is 0 Å². The van der Waals surface area contributed by atoms with Gasteiger partial charge in [-0.25, -0.2) is 0 Å². The van der Waals surface area contributed by atoms with E-state index in [-0.39, 0.29) is 0 Å². The zero-order valence-electron chi connectivity index (χ0n) is 11.0. The van der Waals surface area contributed by atoms with Crippen LogP contribution in [-0.2, 0) is 6.42 Å². The van der Waals surface area contributed by atoms with Gasteiger partial charge < -0.3 is 5.32 Å². The molecule has 1 heteroatoms. The summed E-state index contributed by atoms with van der Waals surface area (Å²) in [6.07, 6.45) is 4.07. The molecular weight excluding hydrogens is 218 g/mol. The van der Waals surface area contributed by atoms with E-state index >= 15 is 0 Å². The van der Waals surface area contributed by atoms with Gasteiger partial charge in [-0.15, -0.1) is 6.58 Å². The lowest BCUT2D eigenvalue weighted by atomic mass is 10.00. The van der Waals surface area contributed by atoms with Crippen molar-refractivity contribution in [3.8, 4) is 0 Å². The van der Waals surface area contributed by atoms with Crippen LogP contribution in [-0.4, -0.2) is 12.6 Å². The molecule has 0 aliphatic heterocycles. The molecule has 0 amide bonds. The van der Waals surface area contributed by atoms with Crippen molar-refractivity contribution >= 4 is 10.8 Å². The topological polar surface area (TPSA) is 12.0 Å². The molecule has 18 heavy (non-hydrogen) atoms. The van der Waals surface area contributed by atoms with Gasteiger partial charge >= 0.3 is 0 Å². The fourth-order valence-electron chi connectivity index (χ4n) is 2.38. The molecule has 0 fully saturated rings. The third kappa shape index (κ3) is 3.21. The van der Waals surface area contributed by atoms with Crippen LogP contribution < -0.4 is 5.32 Å². The highest BCUT2D eigenvalue weighted by Gasteiger charge is 2.06. The van der Waals surface area contributed by atoms with Crippen LogP contribution in [0.1, 0.15) is 18.9 Å². The molecular formula is C17H21N. The molecule has 1 nitrogen and oxygen atoms in total. The van der Waals surface area contributed by atoms with Gasteiger partial charge in [0.2, 0.25) is 0 Å². The van der Waals surface area contributed by atoms with Crippen LogP contribution in [0.25, 0.3) is 10.8 Å². The van der Waals surface area contributed by atoms with Crippen molar-refractivity contribution < 1.29 is 0 Å². The Hall–Kier alpha value is -1.60. The van der Waals surface area contributed by atoms with Gasteiger partial charge in [0.15, 0.2) is 0 Å². The molecule has 1 N–H and O–H groups in total. The van der Waals surface area contributed by atoms with E-state index in [0.29, 0.717) is 6.04 Å². The standard InChI is InChI=1S/C17H21N/c1-3-7-17(18-4-2)13-14-10-11-15-8-5-6-9-16(15)12-14/h3,5-6,8-12,17-18H,1,4,7,13H2,2H3. The molecule has 94 valence electrons. The monoisotopic (exact) mass is 239 g/mol. The van der Waals surface area contributed by atoms with Crippen molar-refractivity contribution in [3.63, 3.8) is 0 Å². The minimum absolute atomic E-state index is 0.494. The van der Waals surface area contributed by atoms with Crippen LogP contribution >= 0.6 is 0 Å². The predicted molar refractivity (Wildman–Crippen MR) is 79.9 cm³/mol. The third-order valence-corrected chi connectivity index (χ3v) is 3.24. The smallest absolute Gasteiger partial charge is 0.0142 e. The van der Waals surface area contributed by atoms with Gasteiger partial charge in [0.25, 0.3) is 0 Å². The summed E-state index contributed by atoms with van der Waals surface area (Å²) in [6.45, 7) is 6.99. The minimum atomic E-state index is 0.494. The van der Waals surface area contributed by atoms with Crippen molar-refractivity contribution in [3.05, 3.63) is 60.7 Å². The summed E-state index contributed by atoms with van der Waals surface area (Å²) in [7, 11) is 0. The van der Waals surface area contributed by atoms with Crippen LogP contribution in [0.15, 0.2) is 55.1 Å². The quantitative estimate of drug-likeness (QED) is 0.753. The normalized spacial score (nSPS) is 12.5. The second-order valence-electron chi connectivity index (χ2n) is 4.66. The van der Waals surface area contributed by atoms with E-state index in [0.717, 1.165) is 19.4 Å². The lowest BCUT2D eigenvalue weighted by Crippen LogP contribution is -2.30. The molecule has 0 radical (unpaired) electrons. The molecule has 0 aliphatic carbocycles. The van der Waals surface area contributed by atoms with Crippen LogP contribution in [0, 0.1) is 0 Å². The molecule has 0 saturated carbocycles. The summed E-state index contributed by atoms with van der Waals surface area (Å²) < 4.78 is 0. The second-order valence-corrected chi connectivity index (χ2v) is 4.66. The predicted octanol–water partition coefficient (Wildman–Crippen LogP) is 3.94. The Bertz CT molecular complexity index is 516. The van der Waals surface area contributed by atoms with Gasteiger partial charge in [0, 0.05) is 6.04 Å². The summed E-state index contributed by atoms with van der Waals surface area (Å²) in [6, 6.07) is 15.7. The number of rotatable bonds is 6. The number of benzene rings is 2. The van der Waals surface area contributed by atoms with E-state index < -0.39 is 0 Å². The molecule has 1 atom stereocenters. The Balaban J connectivity index is 2.17. The summed E-state index contributed by atoms with van der Waals surface area (Å²) in [5, 5.41) is 6.14. The number of likely N-dealkylation sites (N-methyl/N-ethyl adjacent to an activating group) is 1. The Morgan fingerprint density at radius 1 is 1.17 bits per heavy atom. The summed E-state index contributed by atoms with van der Waals surface area (Å²) in [5.41, 5.74) is 1.39. The second kappa shape index (κ2) is 6.36. The Kier molecular flexibility index (Phi) is 4.54. The third-order valence-electron chi connectivity index (χ3n) is 3.24. The first-order chi connectivity index (χ1) is 8.83. The van der Waals surface area contributed by atoms with Crippen molar-refractivity contribution in [2.24, 2.45) is 0 Å². The zero-order chi connectivity index (χ0) is 12.8. The number of hydrogen-bond acceptors (Lipinski definition) is 1. The SMILES string of the molecule is C=CCC(Cc1ccc2ccccc2c1)NCC. The molecule has 2 aromatic carbocycles. The van der Waals surface area contributed by atoms with Crippen LogP contribution in [0.2, 0.25) is 0 Å². The van der Waals surface area contributed by atoms with Gasteiger partial charge in [-0.3, -0.25) is 0 Å². The summed E-state index contributed by atoms with van der Waals surface area (Å²) >= 11 is 0. The number of fused-ring (bicyclic) bond motifs is 1. The zero-order valence-corrected chi connectivity index (χ0v) is 11.0. The maximum Gasteiger partial charge on any atom is 0.0142 e. The average Bonchev–Trinajstić information content (AvgIpc) is 2.39. The van der Waals surface area contributed by atoms with Crippen molar-refractivity contribution in [2.75, 3.05) is 6.54 Å². The van der Waals surface area contributed by atoms with E-state index in [1.807, 2.05) is 6.08 Å². The van der Waals surface area contributed by atoms with E-state index in [4.69, 9.17) is 0 Å². The number of nitrogens with one attached hydrogen (secondary N) is 1. The molecule has 0 aromatic heterocycles. The molecule has 0 bridgehead atoms. The molecule has 0 spiro atoms. The Morgan fingerprint density at radius 3 is 2.67 bits per heavy atom. The maximum atomic E-state index is 3.83. The molecule has 1 unspecified atom stereocenters. The Morgan fingerprint density at radius 2 is 1.94 bits per heavy atom. The fraction of sp³-hybridized carbons (Fsp3) is 0.294. The van der Waals surface area contributed by atoms with Gasteiger partial charge in [0.1, 0.15) is 0 Å². The lowest BCUT2D eigenvalue weighted by Gasteiger charge is -2.16. The van der Waals surface area contributed by atoms with Gasteiger partial charge in [-0.1, -0.05) is 55.5 Å². The van der Waals surface area contributed by atoms with E-state index in [2.05, 4.69) is 61.3 Å². The fourth-order valence-corrected chi connectivity index (χ4v) is 2.38. The van der Waals surface area contributed by atoms with Crippen LogP contribution in [0.5, 0.6) is 0 Å². The molecule has 2 rings (SSSR count). The highest BCUT2D eigenvalue weighted by Crippen LogP contribution is 2.17. The van der Waals surface area contributed by atoms with E-state index in [1.54, 1.807) is 0 Å². The van der Waals surface area contributed by atoms with Gasteiger partial charge in [-0.2, -0.15) is 0 Å². The summed E-state index contributed by atoms with van der Waals surface area (Å²) in [4.78, 5) is 0. The van der Waals surface area contributed by atoms with E-state index in [9.17, 15) is 0 Å². The molecule has 0 aliphatic rings. The molecule has 0 heterocycles. The first-order valence-corrected chi connectivity index (χ1v) is 6.65. The first kappa shape index (κ1) is 12.8. The maximum absolute atomic E-state index is 3.83. The van der Waals surface area contributed by atoms with Crippen LogP contribution in [0.4, 0.5) is 0 Å². The molecule has 2 aromatic rings. The summed E-state index contributed by atoms with van der Waals surface area (Å²) in [5.74, 6) is 0. The average molecular weight is 239 g/mol. The van der Waals surface area contributed by atoms with Crippen molar-refractivity contribution in [1.82, 2.24) is 5.32 Å². The van der Waals surface area contributed by atoms with Crippen molar-refractivity contribution in [1.29, 1.82) is 0 Å². The number of hydrogen-bond donors (Lipinski definition) is 1. The largest absolute Gasteiger partial charge is 0.314 e. The molecule has 0 saturated heterocycles. The van der Waals surface area contributed by atoms with Crippen molar-refractivity contribution in [2.45, 2.75) is 25.8 Å². The lowest BCUT2D eigenvalue weighted by molar-refractivity contribution is 0.530. The first-order valence-electron chi connectivity index (χ1n) is 6.65. The highest BCUT2D eigenvalue weighted by molar-refractivity contribution is 5.82. The van der Waals surface area contributed by atoms with Gasteiger partial charge in [-0.05, 0) is 35.7 Å². The minimum Gasteiger partial charge on any atom is -0.314 e. The highest BCUT2D eigenvalue weighted by atomic mass is 14.9. The Labute approximate surface area is 110 Å². The van der Waals surface area contributed by atoms with E-state index in [1.165, 1.54) is 16.3 Å². The van der Waals surface area contributed by atoms with Crippen LogP contribution in [0.3, 0.4) is 0 Å².